The summed E-state index contributed by atoms with van der Waals surface area (Å²) in [5.41, 5.74) is 6.44. The number of rotatable bonds is 3. The summed E-state index contributed by atoms with van der Waals surface area (Å²) in [4.78, 5) is 0. The molecule has 2 unspecified atom stereocenters. The Morgan fingerprint density at radius 3 is 2.60 bits per heavy atom. The SMILES string of the molecule is CCC(C)(N)CC1CCC2(CCCC2)O1. The molecule has 0 amide bonds. The molecule has 0 aromatic rings. The van der Waals surface area contributed by atoms with Gasteiger partial charge in [-0.2, -0.15) is 0 Å². The maximum atomic E-state index is 6.27. The molecular formula is C13H25NO. The van der Waals surface area contributed by atoms with Crippen molar-refractivity contribution in [3.63, 3.8) is 0 Å². The summed E-state index contributed by atoms with van der Waals surface area (Å²) >= 11 is 0. The minimum absolute atomic E-state index is 0.0329. The van der Waals surface area contributed by atoms with Gasteiger partial charge in [-0.3, -0.25) is 0 Å². The van der Waals surface area contributed by atoms with Gasteiger partial charge in [0.2, 0.25) is 0 Å². The van der Waals surface area contributed by atoms with Gasteiger partial charge in [0.25, 0.3) is 0 Å². The smallest absolute Gasteiger partial charge is 0.0687 e. The summed E-state index contributed by atoms with van der Waals surface area (Å²) in [6.45, 7) is 4.32. The third kappa shape index (κ3) is 2.54. The zero-order chi connectivity index (χ0) is 10.9. The fourth-order valence-corrected chi connectivity index (χ4v) is 3.09. The van der Waals surface area contributed by atoms with Crippen molar-refractivity contribution in [2.45, 2.75) is 82.5 Å². The molecule has 2 fully saturated rings. The topological polar surface area (TPSA) is 35.2 Å². The Bertz CT molecular complexity index is 219. The molecule has 0 bridgehead atoms. The Labute approximate surface area is 93.6 Å². The molecule has 1 aliphatic carbocycles. The second-order valence-corrected chi connectivity index (χ2v) is 5.88. The van der Waals surface area contributed by atoms with Gasteiger partial charge in [0.15, 0.2) is 0 Å². The zero-order valence-corrected chi connectivity index (χ0v) is 10.2. The Hall–Kier alpha value is -0.0800. The fourth-order valence-electron chi connectivity index (χ4n) is 3.09. The van der Waals surface area contributed by atoms with Gasteiger partial charge in [-0.15, -0.1) is 0 Å². The molecule has 2 rings (SSSR count). The third-order valence-corrected chi connectivity index (χ3v) is 4.36. The van der Waals surface area contributed by atoms with E-state index in [4.69, 9.17) is 10.5 Å². The molecule has 0 radical (unpaired) electrons. The Morgan fingerprint density at radius 2 is 2.00 bits per heavy atom. The van der Waals surface area contributed by atoms with Crippen molar-refractivity contribution in [3.8, 4) is 0 Å². The first kappa shape index (κ1) is 11.4. The van der Waals surface area contributed by atoms with E-state index >= 15 is 0 Å². The highest BCUT2D eigenvalue weighted by Crippen LogP contribution is 2.44. The highest BCUT2D eigenvalue weighted by atomic mass is 16.5. The Balaban J connectivity index is 1.87. The molecule has 1 aliphatic heterocycles. The molecule has 88 valence electrons. The summed E-state index contributed by atoms with van der Waals surface area (Å²) in [6, 6.07) is 0. The van der Waals surface area contributed by atoms with E-state index in [0.29, 0.717) is 6.10 Å². The molecule has 1 heterocycles. The lowest BCUT2D eigenvalue weighted by Crippen LogP contribution is -2.39. The van der Waals surface area contributed by atoms with Gasteiger partial charge < -0.3 is 10.5 Å². The maximum absolute atomic E-state index is 6.27. The van der Waals surface area contributed by atoms with Gasteiger partial charge >= 0.3 is 0 Å². The van der Waals surface area contributed by atoms with Crippen molar-refractivity contribution < 1.29 is 4.74 Å². The molecule has 15 heavy (non-hydrogen) atoms. The fraction of sp³-hybridized carbons (Fsp3) is 1.00. The molecule has 2 N–H and O–H groups in total. The van der Waals surface area contributed by atoms with Crippen molar-refractivity contribution in [1.82, 2.24) is 0 Å². The first-order valence-corrected chi connectivity index (χ1v) is 6.52. The predicted molar refractivity (Wildman–Crippen MR) is 62.8 cm³/mol. The summed E-state index contributed by atoms with van der Waals surface area (Å²) < 4.78 is 6.27. The maximum Gasteiger partial charge on any atom is 0.0687 e. The molecule has 2 nitrogen and oxygen atoms in total. The van der Waals surface area contributed by atoms with Crippen molar-refractivity contribution in [2.75, 3.05) is 0 Å². The van der Waals surface area contributed by atoms with Gasteiger partial charge in [-0.1, -0.05) is 19.8 Å². The lowest BCUT2D eigenvalue weighted by molar-refractivity contribution is -0.0453. The number of ether oxygens (including phenoxy) is 1. The molecule has 2 aliphatic rings. The van der Waals surface area contributed by atoms with Crippen molar-refractivity contribution >= 4 is 0 Å². The second-order valence-electron chi connectivity index (χ2n) is 5.88. The van der Waals surface area contributed by atoms with Crippen LogP contribution in [0, 0.1) is 0 Å². The van der Waals surface area contributed by atoms with E-state index in [1.807, 2.05) is 0 Å². The van der Waals surface area contributed by atoms with Gasteiger partial charge in [0, 0.05) is 5.54 Å². The van der Waals surface area contributed by atoms with Crippen LogP contribution < -0.4 is 5.73 Å². The molecule has 2 atom stereocenters. The first-order valence-electron chi connectivity index (χ1n) is 6.52. The van der Waals surface area contributed by atoms with Crippen LogP contribution in [-0.4, -0.2) is 17.2 Å². The van der Waals surface area contributed by atoms with E-state index in [1.165, 1.54) is 38.5 Å². The van der Waals surface area contributed by atoms with E-state index in [9.17, 15) is 0 Å². The highest BCUT2D eigenvalue weighted by molar-refractivity contribution is 4.95. The van der Waals surface area contributed by atoms with Crippen LogP contribution in [0.4, 0.5) is 0 Å². The monoisotopic (exact) mass is 211 g/mol. The predicted octanol–water partition coefficient (Wildman–Crippen LogP) is 3.00. The van der Waals surface area contributed by atoms with Crippen LogP contribution in [0.1, 0.15) is 65.2 Å². The average molecular weight is 211 g/mol. The number of hydrogen-bond acceptors (Lipinski definition) is 2. The van der Waals surface area contributed by atoms with Gasteiger partial charge in [-0.05, 0) is 45.4 Å². The molecule has 1 saturated heterocycles. The molecule has 0 aromatic heterocycles. The van der Waals surface area contributed by atoms with E-state index in [1.54, 1.807) is 0 Å². The number of hydrogen-bond donors (Lipinski definition) is 1. The molecule has 1 saturated carbocycles. The highest BCUT2D eigenvalue weighted by Gasteiger charge is 2.43. The molecule has 0 aromatic carbocycles. The third-order valence-electron chi connectivity index (χ3n) is 4.36. The molecular weight excluding hydrogens is 186 g/mol. The second kappa shape index (κ2) is 4.06. The van der Waals surface area contributed by atoms with Crippen molar-refractivity contribution in [1.29, 1.82) is 0 Å². The molecule has 1 spiro atoms. The summed E-state index contributed by atoms with van der Waals surface area (Å²) in [6.07, 6.45) is 10.3. The van der Waals surface area contributed by atoms with Gasteiger partial charge in [-0.25, -0.2) is 0 Å². The summed E-state index contributed by atoms with van der Waals surface area (Å²) in [5.74, 6) is 0. The van der Waals surface area contributed by atoms with Crippen LogP contribution in [0.25, 0.3) is 0 Å². The lowest BCUT2D eigenvalue weighted by atomic mass is 9.91. The Morgan fingerprint density at radius 1 is 1.33 bits per heavy atom. The van der Waals surface area contributed by atoms with Crippen LogP contribution >= 0.6 is 0 Å². The van der Waals surface area contributed by atoms with Crippen LogP contribution in [0.15, 0.2) is 0 Å². The van der Waals surface area contributed by atoms with E-state index in [0.717, 1.165) is 12.8 Å². The normalized spacial score (nSPS) is 33.4. The quantitative estimate of drug-likeness (QED) is 0.779. The Kier molecular flexibility index (Phi) is 3.09. The largest absolute Gasteiger partial charge is 0.372 e. The number of nitrogens with two attached hydrogens (primary N) is 1. The minimum atomic E-state index is -0.0329. The summed E-state index contributed by atoms with van der Waals surface area (Å²) in [5, 5.41) is 0. The zero-order valence-electron chi connectivity index (χ0n) is 10.2. The minimum Gasteiger partial charge on any atom is -0.372 e. The molecule has 2 heteroatoms. The van der Waals surface area contributed by atoms with Gasteiger partial charge in [0.05, 0.1) is 11.7 Å². The standard InChI is InChI=1S/C13H25NO/c1-3-12(2,14)10-11-6-9-13(15-11)7-4-5-8-13/h11H,3-10,14H2,1-2H3. The van der Waals surface area contributed by atoms with Crippen molar-refractivity contribution in [2.24, 2.45) is 5.73 Å². The van der Waals surface area contributed by atoms with Crippen LogP contribution in [0.5, 0.6) is 0 Å². The van der Waals surface area contributed by atoms with Gasteiger partial charge in [0.1, 0.15) is 0 Å². The van der Waals surface area contributed by atoms with E-state index < -0.39 is 0 Å². The summed E-state index contributed by atoms with van der Waals surface area (Å²) in [7, 11) is 0. The van der Waals surface area contributed by atoms with Crippen LogP contribution in [-0.2, 0) is 4.74 Å². The average Bonchev–Trinajstić information content (AvgIpc) is 2.78. The van der Waals surface area contributed by atoms with E-state index in [-0.39, 0.29) is 11.1 Å². The van der Waals surface area contributed by atoms with Crippen LogP contribution in [0.3, 0.4) is 0 Å². The van der Waals surface area contributed by atoms with Crippen molar-refractivity contribution in [3.05, 3.63) is 0 Å². The first-order chi connectivity index (χ1) is 7.05. The lowest BCUT2D eigenvalue weighted by Gasteiger charge is -2.29. The van der Waals surface area contributed by atoms with E-state index in [2.05, 4.69) is 13.8 Å². The van der Waals surface area contributed by atoms with Crippen LogP contribution in [0.2, 0.25) is 0 Å².